The molecule has 2 aliphatic heterocycles. The predicted molar refractivity (Wildman–Crippen MR) is 115 cm³/mol. The van der Waals surface area contributed by atoms with Crippen LogP contribution in [0.3, 0.4) is 0 Å². The van der Waals surface area contributed by atoms with Crippen molar-refractivity contribution in [1.29, 1.82) is 0 Å². The highest BCUT2D eigenvalue weighted by Gasteiger charge is 2.28. The molecule has 7 nitrogen and oxygen atoms in total. The molecule has 1 aromatic heterocycles. The molecule has 4 rings (SSSR count). The van der Waals surface area contributed by atoms with Gasteiger partial charge in [0.15, 0.2) is 0 Å². The van der Waals surface area contributed by atoms with Crippen LogP contribution in [0.25, 0.3) is 0 Å². The van der Waals surface area contributed by atoms with E-state index in [1.54, 1.807) is 0 Å². The van der Waals surface area contributed by atoms with Crippen molar-refractivity contribution < 1.29 is 0 Å². The summed E-state index contributed by atoms with van der Waals surface area (Å²) in [4.78, 5) is 18.7. The number of anilines is 3. The average molecular weight is 386 g/mol. The molecule has 3 fully saturated rings. The lowest BCUT2D eigenvalue weighted by atomic mass is 9.72. The van der Waals surface area contributed by atoms with E-state index in [1.807, 2.05) is 0 Å². The third-order valence-corrected chi connectivity index (χ3v) is 6.49. The summed E-state index contributed by atoms with van der Waals surface area (Å²) in [5, 5.41) is 4.68. The van der Waals surface area contributed by atoms with Crippen molar-refractivity contribution >= 4 is 23.6 Å². The molecule has 0 unspecified atom stereocenters. The second-order valence-electron chi connectivity index (χ2n) is 9.58. The molecule has 0 bridgehead atoms. The standard InChI is InChI=1S/C21H35N7/c1-21(2,3)16-8-10-17(11-9-16)25-26-18-22-19(27-12-4-5-13-27)24-20(23-18)28-14-6-7-15-28/h16H,4-15H2,1-3H3,(H,22,23,24,26). The molecule has 7 heteroatoms. The summed E-state index contributed by atoms with van der Waals surface area (Å²) in [6, 6.07) is 0. The quantitative estimate of drug-likeness (QED) is 0.788. The van der Waals surface area contributed by atoms with Gasteiger partial charge in [0.25, 0.3) is 0 Å². The zero-order valence-electron chi connectivity index (χ0n) is 17.7. The largest absolute Gasteiger partial charge is 0.341 e. The van der Waals surface area contributed by atoms with E-state index in [9.17, 15) is 0 Å². The van der Waals surface area contributed by atoms with Gasteiger partial charge in [-0.05, 0) is 62.7 Å². The predicted octanol–water partition coefficient (Wildman–Crippen LogP) is 4.08. The molecule has 0 amide bonds. The maximum atomic E-state index is 4.77. The van der Waals surface area contributed by atoms with Crippen molar-refractivity contribution in [2.24, 2.45) is 16.4 Å². The second kappa shape index (κ2) is 8.21. The maximum Gasteiger partial charge on any atom is 0.250 e. The molecule has 0 aromatic carbocycles. The summed E-state index contributed by atoms with van der Waals surface area (Å²) in [6.45, 7) is 11.2. The molecule has 1 N–H and O–H groups in total. The maximum absolute atomic E-state index is 4.77. The summed E-state index contributed by atoms with van der Waals surface area (Å²) < 4.78 is 0. The fourth-order valence-corrected chi connectivity index (χ4v) is 4.58. The molecule has 1 aromatic rings. The van der Waals surface area contributed by atoms with Crippen LogP contribution in [0.2, 0.25) is 0 Å². The molecule has 1 aliphatic carbocycles. The van der Waals surface area contributed by atoms with Crippen LogP contribution in [0.15, 0.2) is 5.10 Å². The molecular formula is C21H35N7. The van der Waals surface area contributed by atoms with Crippen molar-refractivity contribution in [3.63, 3.8) is 0 Å². The van der Waals surface area contributed by atoms with Crippen LogP contribution in [0, 0.1) is 11.3 Å². The number of hydrogen-bond donors (Lipinski definition) is 1. The molecule has 154 valence electrons. The highest BCUT2D eigenvalue weighted by Crippen LogP contribution is 2.36. The molecule has 1 saturated carbocycles. The lowest BCUT2D eigenvalue weighted by Gasteiger charge is -2.34. The molecule has 3 aliphatic rings. The molecule has 28 heavy (non-hydrogen) atoms. The van der Waals surface area contributed by atoms with E-state index >= 15 is 0 Å². The molecule has 2 saturated heterocycles. The molecular weight excluding hydrogens is 350 g/mol. The zero-order chi connectivity index (χ0) is 19.6. The Morgan fingerprint density at radius 1 is 0.821 bits per heavy atom. The van der Waals surface area contributed by atoms with E-state index in [0.717, 1.165) is 56.8 Å². The minimum atomic E-state index is 0.391. The molecule has 0 spiro atoms. The van der Waals surface area contributed by atoms with Gasteiger partial charge >= 0.3 is 0 Å². The van der Waals surface area contributed by atoms with E-state index in [4.69, 9.17) is 4.98 Å². The lowest BCUT2D eigenvalue weighted by molar-refractivity contribution is 0.208. The Labute approximate surface area is 169 Å². The Morgan fingerprint density at radius 3 is 1.79 bits per heavy atom. The summed E-state index contributed by atoms with van der Waals surface area (Å²) >= 11 is 0. The highest BCUT2D eigenvalue weighted by molar-refractivity contribution is 5.85. The minimum absolute atomic E-state index is 0.391. The van der Waals surface area contributed by atoms with Gasteiger partial charge in [0.1, 0.15) is 0 Å². The van der Waals surface area contributed by atoms with Crippen molar-refractivity contribution in [2.45, 2.75) is 72.1 Å². The van der Waals surface area contributed by atoms with Crippen molar-refractivity contribution in [1.82, 2.24) is 15.0 Å². The first-order valence-corrected chi connectivity index (χ1v) is 11.1. The molecule has 0 radical (unpaired) electrons. The van der Waals surface area contributed by atoms with Gasteiger partial charge in [-0.2, -0.15) is 20.1 Å². The Balaban J connectivity index is 1.47. The van der Waals surface area contributed by atoms with E-state index in [0.29, 0.717) is 11.4 Å². The van der Waals surface area contributed by atoms with Gasteiger partial charge in [-0.15, -0.1) is 0 Å². The average Bonchev–Trinajstić information content (AvgIpc) is 3.39. The number of hydrogen-bond acceptors (Lipinski definition) is 7. The Hall–Kier alpha value is -1.92. The van der Waals surface area contributed by atoms with Gasteiger partial charge in [-0.3, -0.25) is 0 Å². The lowest BCUT2D eigenvalue weighted by Crippen LogP contribution is -2.27. The zero-order valence-corrected chi connectivity index (χ0v) is 17.7. The third-order valence-electron chi connectivity index (χ3n) is 6.49. The normalized spacial score (nSPS) is 23.4. The highest BCUT2D eigenvalue weighted by atomic mass is 15.4. The fourth-order valence-electron chi connectivity index (χ4n) is 4.58. The van der Waals surface area contributed by atoms with Gasteiger partial charge in [0, 0.05) is 31.9 Å². The van der Waals surface area contributed by atoms with Gasteiger partial charge in [0.2, 0.25) is 17.8 Å². The van der Waals surface area contributed by atoms with Crippen molar-refractivity contribution in [2.75, 3.05) is 41.4 Å². The SMILES string of the molecule is CC(C)(C)C1CCC(=NNc2nc(N3CCCC3)nc(N3CCCC3)n2)CC1. The smallest absolute Gasteiger partial charge is 0.250 e. The van der Waals surface area contributed by atoms with Gasteiger partial charge < -0.3 is 9.80 Å². The number of rotatable bonds is 4. The first-order valence-electron chi connectivity index (χ1n) is 11.1. The van der Waals surface area contributed by atoms with Crippen LogP contribution in [-0.2, 0) is 0 Å². The first-order chi connectivity index (χ1) is 13.5. The third kappa shape index (κ3) is 4.55. The van der Waals surface area contributed by atoms with Gasteiger partial charge in [-0.25, -0.2) is 5.43 Å². The monoisotopic (exact) mass is 385 g/mol. The van der Waals surface area contributed by atoms with E-state index in [2.05, 4.69) is 51.1 Å². The van der Waals surface area contributed by atoms with Crippen LogP contribution < -0.4 is 15.2 Å². The Kier molecular flexibility index (Phi) is 5.69. The van der Waals surface area contributed by atoms with Crippen molar-refractivity contribution in [3.05, 3.63) is 0 Å². The summed E-state index contributed by atoms with van der Waals surface area (Å²) in [7, 11) is 0. The molecule has 3 heterocycles. The van der Waals surface area contributed by atoms with E-state index in [1.165, 1.54) is 44.2 Å². The fraction of sp³-hybridized carbons (Fsp3) is 0.810. The number of nitrogens with one attached hydrogen (secondary N) is 1. The minimum Gasteiger partial charge on any atom is -0.341 e. The van der Waals surface area contributed by atoms with Crippen LogP contribution in [0.1, 0.15) is 72.1 Å². The second-order valence-corrected chi connectivity index (χ2v) is 9.58. The van der Waals surface area contributed by atoms with Gasteiger partial charge in [-0.1, -0.05) is 20.8 Å². The van der Waals surface area contributed by atoms with E-state index < -0.39 is 0 Å². The summed E-state index contributed by atoms with van der Waals surface area (Å²) in [5.41, 5.74) is 4.80. The van der Waals surface area contributed by atoms with E-state index in [-0.39, 0.29) is 0 Å². The van der Waals surface area contributed by atoms with Crippen LogP contribution in [0.5, 0.6) is 0 Å². The Bertz CT molecular complexity index is 653. The van der Waals surface area contributed by atoms with Crippen molar-refractivity contribution in [3.8, 4) is 0 Å². The number of nitrogens with zero attached hydrogens (tertiary/aromatic N) is 6. The van der Waals surface area contributed by atoms with Gasteiger partial charge in [0.05, 0.1) is 0 Å². The Morgan fingerprint density at radius 2 is 1.32 bits per heavy atom. The first kappa shape index (κ1) is 19.4. The van der Waals surface area contributed by atoms with Crippen LogP contribution in [-0.4, -0.2) is 46.8 Å². The molecule has 0 atom stereocenters. The summed E-state index contributed by atoms with van der Waals surface area (Å²) in [5.74, 6) is 2.97. The number of aromatic nitrogens is 3. The van der Waals surface area contributed by atoms with Crippen LogP contribution >= 0.6 is 0 Å². The summed E-state index contributed by atoms with van der Waals surface area (Å²) in [6.07, 6.45) is 9.43. The topological polar surface area (TPSA) is 69.5 Å². The van der Waals surface area contributed by atoms with Crippen LogP contribution in [0.4, 0.5) is 17.8 Å². The number of hydrazone groups is 1.